The van der Waals surface area contributed by atoms with E-state index < -0.39 is 10.9 Å². The van der Waals surface area contributed by atoms with Gasteiger partial charge < -0.3 is 4.74 Å². The summed E-state index contributed by atoms with van der Waals surface area (Å²) in [7, 11) is 0. The topological polar surface area (TPSA) is 69.4 Å². The van der Waals surface area contributed by atoms with Crippen molar-refractivity contribution in [1.29, 1.82) is 0 Å². The van der Waals surface area contributed by atoms with Crippen LogP contribution in [0.3, 0.4) is 0 Å². The summed E-state index contributed by atoms with van der Waals surface area (Å²) in [5.74, 6) is -0.457. The van der Waals surface area contributed by atoms with E-state index >= 15 is 0 Å². The molecule has 5 heteroatoms. The summed E-state index contributed by atoms with van der Waals surface area (Å²) >= 11 is 0. The van der Waals surface area contributed by atoms with Gasteiger partial charge in [0.25, 0.3) is 5.69 Å². The second kappa shape index (κ2) is 7.17. The number of hydrogen-bond donors (Lipinski definition) is 0. The Hall–Kier alpha value is -2.95. The van der Waals surface area contributed by atoms with Crippen molar-refractivity contribution in [2.75, 3.05) is 0 Å². The quantitative estimate of drug-likeness (QED) is 0.365. The predicted molar refractivity (Wildman–Crippen MR) is 83.1 cm³/mol. The van der Waals surface area contributed by atoms with Crippen LogP contribution < -0.4 is 0 Å². The van der Waals surface area contributed by atoms with Crippen LogP contribution >= 0.6 is 0 Å². The van der Waals surface area contributed by atoms with E-state index in [1.54, 1.807) is 18.2 Å². The van der Waals surface area contributed by atoms with Gasteiger partial charge in [-0.05, 0) is 41.8 Å². The molecule has 0 atom stereocenters. The Labute approximate surface area is 128 Å². The summed E-state index contributed by atoms with van der Waals surface area (Å²) < 4.78 is 5.16. The highest BCUT2D eigenvalue weighted by atomic mass is 16.6. The smallest absolute Gasteiger partial charge is 0.331 e. The van der Waals surface area contributed by atoms with Gasteiger partial charge in [0, 0.05) is 18.2 Å². The standard InChI is InChI=1S/C17H15NO4/c1-13-4-2-3-5-15(13)12-22-17(19)11-8-14-6-9-16(10-7-14)18(20)21/h2-11H,12H2,1H3/b11-8+. The fourth-order valence-corrected chi connectivity index (χ4v) is 1.84. The lowest BCUT2D eigenvalue weighted by Crippen LogP contribution is -2.01. The number of benzene rings is 2. The number of rotatable bonds is 5. The van der Waals surface area contributed by atoms with E-state index in [0.717, 1.165) is 11.1 Å². The highest BCUT2D eigenvalue weighted by Crippen LogP contribution is 2.13. The summed E-state index contributed by atoms with van der Waals surface area (Å²) in [4.78, 5) is 21.7. The van der Waals surface area contributed by atoms with Crippen LogP contribution in [0.4, 0.5) is 5.69 Å². The number of carbonyl (C=O) groups is 1. The maximum Gasteiger partial charge on any atom is 0.331 e. The van der Waals surface area contributed by atoms with Crippen molar-refractivity contribution in [3.05, 3.63) is 81.4 Å². The van der Waals surface area contributed by atoms with Crippen molar-refractivity contribution < 1.29 is 14.5 Å². The molecule has 112 valence electrons. The van der Waals surface area contributed by atoms with E-state index in [9.17, 15) is 14.9 Å². The minimum atomic E-state index is -0.468. The van der Waals surface area contributed by atoms with E-state index in [2.05, 4.69) is 0 Å². The van der Waals surface area contributed by atoms with Crippen molar-refractivity contribution in [3.63, 3.8) is 0 Å². The first-order valence-corrected chi connectivity index (χ1v) is 6.70. The first-order valence-electron chi connectivity index (χ1n) is 6.70. The molecule has 0 radical (unpaired) electrons. The van der Waals surface area contributed by atoms with E-state index in [0.29, 0.717) is 5.56 Å². The lowest BCUT2D eigenvalue weighted by molar-refractivity contribution is -0.384. The second-order valence-electron chi connectivity index (χ2n) is 4.72. The normalized spacial score (nSPS) is 10.6. The number of aryl methyl sites for hydroxylation is 1. The van der Waals surface area contributed by atoms with Crippen LogP contribution in [-0.4, -0.2) is 10.9 Å². The van der Waals surface area contributed by atoms with Gasteiger partial charge in [-0.2, -0.15) is 0 Å². The Morgan fingerprint density at radius 2 is 1.86 bits per heavy atom. The number of non-ortho nitro benzene ring substituents is 1. The van der Waals surface area contributed by atoms with Gasteiger partial charge in [0.1, 0.15) is 6.61 Å². The number of nitro groups is 1. The molecule has 0 aliphatic heterocycles. The fourth-order valence-electron chi connectivity index (χ4n) is 1.84. The van der Waals surface area contributed by atoms with Crippen molar-refractivity contribution >= 4 is 17.7 Å². The molecule has 0 unspecified atom stereocenters. The third kappa shape index (κ3) is 4.28. The zero-order chi connectivity index (χ0) is 15.9. The van der Waals surface area contributed by atoms with Gasteiger partial charge in [-0.3, -0.25) is 10.1 Å². The van der Waals surface area contributed by atoms with Crippen LogP contribution in [0.5, 0.6) is 0 Å². The molecule has 2 aromatic carbocycles. The van der Waals surface area contributed by atoms with Crippen LogP contribution in [0.1, 0.15) is 16.7 Å². The third-order valence-corrected chi connectivity index (χ3v) is 3.15. The summed E-state index contributed by atoms with van der Waals surface area (Å²) in [5.41, 5.74) is 2.73. The molecular weight excluding hydrogens is 282 g/mol. The molecular formula is C17H15NO4. The summed E-state index contributed by atoms with van der Waals surface area (Å²) in [6, 6.07) is 13.6. The van der Waals surface area contributed by atoms with E-state index in [1.807, 2.05) is 31.2 Å². The number of esters is 1. The van der Waals surface area contributed by atoms with E-state index in [1.165, 1.54) is 18.2 Å². The van der Waals surface area contributed by atoms with Gasteiger partial charge in [0.2, 0.25) is 0 Å². The fraction of sp³-hybridized carbons (Fsp3) is 0.118. The number of ether oxygens (including phenoxy) is 1. The highest BCUT2D eigenvalue weighted by Gasteiger charge is 2.04. The summed E-state index contributed by atoms with van der Waals surface area (Å²) in [6.45, 7) is 2.17. The van der Waals surface area contributed by atoms with Gasteiger partial charge in [-0.25, -0.2) is 4.79 Å². The second-order valence-corrected chi connectivity index (χ2v) is 4.72. The molecule has 0 aliphatic carbocycles. The zero-order valence-corrected chi connectivity index (χ0v) is 12.1. The van der Waals surface area contributed by atoms with Gasteiger partial charge in [-0.15, -0.1) is 0 Å². The molecule has 0 bridgehead atoms. The predicted octanol–water partition coefficient (Wildman–Crippen LogP) is 3.66. The first-order chi connectivity index (χ1) is 10.6. The van der Waals surface area contributed by atoms with Crippen molar-refractivity contribution in [3.8, 4) is 0 Å². The largest absolute Gasteiger partial charge is 0.458 e. The van der Waals surface area contributed by atoms with Crippen molar-refractivity contribution in [2.45, 2.75) is 13.5 Å². The van der Waals surface area contributed by atoms with Crippen LogP contribution in [0.2, 0.25) is 0 Å². The van der Waals surface area contributed by atoms with Crippen LogP contribution in [0.25, 0.3) is 6.08 Å². The van der Waals surface area contributed by atoms with Crippen LogP contribution in [-0.2, 0) is 16.1 Å². The number of hydrogen-bond acceptors (Lipinski definition) is 4. The monoisotopic (exact) mass is 297 g/mol. The highest BCUT2D eigenvalue weighted by molar-refractivity contribution is 5.87. The van der Waals surface area contributed by atoms with E-state index in [-0.39, 0.29) is 12.3 Å². The lowest BCUT2D eigenvalue weighted by atomic mass is 10.1. The number of carbonyl (C=O) groups excluding carboxylic acids is 1. The minimum Gasteiger partial charge on any atom is -0.458 e. The first kappa shape index (κ1) is 15.4. The van der Waals surface area contributed by atoms with Gasteiger partial charge in [-0.1, -0.05) is 24.3 Å². The summed E-state index contributed by atoms with van der Waals surface area (Å²) in [6.07, 6.45) is 2.86. The van der Waals surface area contributed by atoms with Crippen molar-refractivity contribution in [1.82, 2.24) is 0 Å². The maximum atomic E-state index is 11.7. The molecule has 0 fully saturated rings. The third-order valence-electron chi connectivity index (χ3n) is 3.15. The molecule has 5 nitrogen and oxygen atoms in total. The van der Waals surface area contributed by atoms with Crippen LogP contribution in [0.15, 0.2) is 54.6 Å². The van der Waals surface area contributed by atoms with Crippen LogP contribution in [0, 0.1) is 17.0 Å². The molecule has 2 aromatic rings. The Kier molecular flexibility index (Phi) is 5.03. The van der Waals surface area contributed by atoms with Gasteiger partial charge >= 0.3 is 5.97 Å². The molecule has 0 aromatic heterocycles. The minimum absolute atomic E-state index is 0.0132. The Morgan fingerprint density at radius 3 is 2.50 bits per heavy atom. The average Bonchev–Trinajstić information content (AvgIpc) is 2.52. The molecule has 0 N–H and O–H groups in total. The molecule has 0 saturated carbocycles. The van der Waals surface area contributed by atoms with E-state index in [4.69, 9.17) is 4.74 Å². The van der Waals surface area contributed by atoms with Gasteiger partial charge in [0.15, 0.2) is 0 Å². The Balaban J connectivity index is 1.91. The molecule has 22 heavy (non-hydrogen) atoms. The van der Waals surface area contributed by atoms with Gasteiger partial charge in [0.05, 0.1) is 4.92 Å². The molecule has 0 heterocycles. The average molecular weight is 297 g/mol. The SMILES string of the molecule is Cc1ccccc1COC(=O)/C=C/c1ccc([N+](=O)[O-])cc1. The molecule has 0 aliphatic rings. The Bertz CT molecular complexity index is 705. The molecule has 2 rings (SSSR count). The molecule has 0 amide bonds. The van der Waals surface area contributed by atoms with Crippen molar-refractivity contribution in [2.24, 2.45) is 0 Å². The molecule has 0 saturated heterocycles. The lowest BCUT2D eigenvalue weighted by Gasteiger charge is -2.05. The maximum absolute atomic E-state index is 11.7. The summed E-state index contributed by atoms with van der Waals surface area (Å²) in [5, 5.41) is 10.5. The Morgan fingerprint density at radius 1 is 1.18 bits per heavy atom. The number of nitrogens with zero attached hydrogens (tertiary/aromatic N) is 1. The number of nitro benzene ring substituents is 1. The zero-order valence-electron chi connectivity index (χ0n) is 12.1. The molecule has 0 spiro atoms.